The van der Waals surface area contributed by atoms with Crippen molar-refractivity contribution >= 4 is 118 Å². The molecule has 2 aliphatic rings. The van der Waals surface area contributed by atoms with Crippen molar-refractivity contribution in [3.05, 3.63) is 0 Å². The van der Waals surface area contributed by atoms with Crippen LogP contribution in [0.4, 0.5) is 0 Å². The average Bonchev–Trinajstić information content (AvgIpc) is 4.28. The summed E-state index contributed by atoms with van der Waals surface area (Å²) in [5.41, 5.74) is 0. The molecule has 0 aromatic carbocycles. The average molecular weight is 1220 g/mol. The van der Waals surface area contributed by atoms with Crippen molar-refractivity contribution in [2.45, 2.75) is 194 Å². The van der Waals surface area contributed by atoms with Crippen molar-refractivity contribution in [3.63, 3.8) is 0 Å². The first-order valence-electron chi connectivity index (χ1n) is 28.0. The number of ketones is 3. The molecule has 25 heteroatoms. The summed E-state index contributed by atoms with van der Waals surface area (Å²) in [6.45, 7) is 1.28. The number of aliphatic carboxylic acids is 4. The molecule has 0 aliphatic carbocycles. The molecule has 78 heavy (non-hydrogen) atoms. The molecule has 6 N–H and O–H groups in total. The molecule has 0 radical (unpaired) electrons. The molecule has 19 nitrogen and oxygen atoms in total. The Hall–Kier alpha value is -2.23. The van der Waals surface area contributed by atoms with E-state index < -0.39 is 47.4 Å². The minimum absolute atomic E-state index is 0. The number of rotatable bonds is 55. The molecule has 2 aliphatic heterocycles. The van der Waals surface area contributed by atoms with Gasteiger partial charge in [0.1, 0.15) is 19.0 Å². The van der Waals surface area contributed by atoms with Crippen molar-refractivity contribution in [2.24, 2.45) is 17.8 Å². The second-order valence-corrected chi connectivity index (χ2v) is 29.2. The molecule has 2 saturated heterocycles. The summed E-state index contributed by atoms with van der Waals surface area (Å²) in [6.07, 6.45) is 20.6. The van der Waals surface area contributed by atoms with Crippen LogP contribution in [0.25, 0.3) is 0 Å². The van der Waals surface area contributed by atoms with Crippen molar-refractivity contribution in [1.29, 1.82) is 0 Å². The van der Waals surface area contributed by atoms with Gasteiger partial charge in [0.15, 0.2) is 14.3 Å². The number of amides is 2. The highest BCUT2D eigenvalue weighted by atomic mass is 33.2. The van der Waals surface area contributed by atoms with Crippen molar-refractivity contribution in [3.8, 4) is 0 Å². The summed E-state index contributed by atoms with van der Waals surface area (Å²) in [5.74, 6) is -7.50. The van der Waals surface area contributed by atoms with Gasteiger partial charge in [0, 0.05) is 66.1 Å². The zero-order valence-electron chi connectivity index (χ0n) is 45.4. The maximum Gasteiger partial charge on any atom is 0.308 e. The van der Waals surface area contributed by atoms with Gasteiger partial charge in [0.2, 0.25) is 11.8 Å². The SMILES string of the molecule is O=C(O)CCCCCCCCCCCCCCCCCCC(=O)C[C@@H](CCC(=O)NCCOCCOCC(=O)CCCOCCOCC(=O)C[C@@H](CCC(=O)NCCCC[C@@H](C(=O)O)C1SSC2(SS1)SS2)C(=O)O)C(=O)O.[HH]. The summed E-state index contributed by atoms with van der Waals surface area (Å²) >= 11 is 0. The Morgan fingerprint density at radius 2 is 0.846 bits per heavy atom. The molecule has 2 heterocycles. The third-order valence-corrected chi connectivity index (χ3v) is 26.8. The third kappa shape index (κ3) is 39.2. The third-order valence-electron chi connectivity index (χ3n) is 12.9. The number of unbranched alkanes of at least 4 members (excludes halogenated alkanes) is 16. The van der Waals surface area contributed by atoms with Crippen LogP contribution in [0, 0.1) is 17.8 Å². The summed E-state index contributed by atoms with van der Waals surface area (Å²) < 4.78 is 21.7. The lowest BCUT2D eigenvalue weighted by Gasteiger charge is -2.27. The van der Waals surface area contributed by atoms with E-state index in [2.05, 4.69) is 10.6 Å². The molecule has 0 aromatic rings. The minimum Gasteiger partial charge on any atom is -0.481 e. The summed E-state index contributed by atoms with van der Waals surface area (Å²) in [6, 6.07) is 0. The van der Waals surface area contributed by atoms with Gasteiger partial charge in [-0.25, -0.2) is 0 Å². The summed E-state index contributed by atoms with van der Waals surface area (Å²) in [7, 11) is 10.3. The Morgan fingerprint density at radius 3 is 1.33 bits per heavy atom. The molecule has 2 rings (SSSR count). The van der Waals surface area contributed by atoms with Crippen LogP contribution in [0.2, 0.25) is 0 Å². The van der Waals surface area contributed by atoms with E-state index in [1.54, 1.807) is 64.8 Å². The second kappa shape index (κ2) is 46.3. The number of carbonyl (C=O) groups is 9. The van der Waals surface area contributed by atoms with Crippen LogP contribution < -0.4 is 10.6 Å². The van der Waals surface area contributed by atoms with E-state index in [4.69, 9.17) is 24.1 Å². The van der Waals surface area contributed by atoms with Crippen molar-refractivity contribution in [1.82, 2.24) is 10.6 Å². The number of Topliss-reactive ketones (excluding diaryl/α,β-unsaturated/α-hetero) is 3. The van der Waals surface area contributed by atoms with Crippen LogP contribution in [-0.4, -0.2) is 147 Å². The Balaban J connectivity index is 0.0000312. The fraction of sp³-hybridized carbons (Fsp3) is 0.830. The van der Waals surface area contributed by atoms with E-state index in [1.165, 1.54) is 57.8 Å². The number of nitrogens with one attached hydrogen (secondary N) is 2. The van der Waals surface area contributed by atoms with E-state index in [0.29, 0.717) is 38.6 Å². The van der Waals surface area contributed by atoms with Crippen molar-refractivity contribution in [2.75, 3.05) is 65.9 Å². The van der Waals surface area contributed by atoms with E-state index >= 15 is 0 Å². The Bertz CT molecular complexity index is 1760. The van der Waals surface area contributed by atoms with Crippen LogP contribution in [-0.2, 0) is 62.1 Å². The van der Waals surface area contributed by atoms with Gasteiger partial charge >= 0.3 is 23.9 Å². The molecule has 0 saturated carbocycles. The molecular weight excluding hydrogens is 1130 g/mol. The van der Waals surface area contributed by atoms with Crippen LogP contribution in [0.3, 0.4) is 0 Å². The van der Waals surface area contributed by atoms with Crippen molar-refractivity contribution < 1.29 is 84.0 Å². The van der Waals surface area contributed by atoms with E-state index in [0.717, 1.165) is 44.9 Å². The van der Waals surface area contributed by atoms with E-state index in [1.807, 2.05) is 0 Å². The van der Waals surface area contributed by atoms with Gasteiger partial charge in [-0.05, 0) is 66.5 Å². The highest BCUT2D eigenvalue weighted by Crippen LogP contribution is 2.84. The van der Waals surface area contributed by atoms with Gasteiger partial charge in [0.25, 0.3) is 0 Å². The zero-order valence-corrected chi connectivity index (χ0v) is 50.3. The molecule has 2 amide bonds. The van der Waals surface area contributed by atoms with Crippen LogP contribution in [0.1, 0.15) is 188 Å². The largest absolute Gasteiger partial charge is 0.481 e. The van der Waals surface area contributed by atoms with Crippen LogP contribution in [0.15, 0.2) is 0 Å². The molecule has 0 unspecified atom stereocenters. The number of hydrogen-bond acceptors (Lipinski definition) is 19. The maximum absolute atomic E-state index is 12.5. The van der Waals surface area contributed by atoms with Gasteiger partial charge < -0.3 is 50.0 Å². The molecule has 3 atom stereocenters. The first-order valence-corrected chi connectivity index (χ1v) is 34.5. The Morgan fingerprint density at radius 1 is 0.410 bits per heavy atom. The predicted octanol–water partition coefficient (Wildman–Crippen LogP) is 10.8. The first kappa shape index (κ1) is 71.9. The number of carboxylic acids is 4. The second-order valence-electron chi connectivity index (χ2n) is 19.7. The van der Waals surface area contributed by atoms with Gasteiger partial charge in [0.05, 0.1) is 55.4 Å². The smallest absolute Gasteiger partial charge is 0.308 e. The lowest BCUT2D eigenvalue weighted by atomic mass is 9.94. The minimum atomic E-state index is -1.18. The molecule has 450 valence electrons. The normalized spacial score (nSPS) is 15.1. The molecule has 0 aromatic heterocycles. The fourth-order valence-electron chi connectivity index (χ4n) is 8.27. The Kier molecular flexibility index (Phi) is 42.6. The number of ether oxygens (including phenoxy) is 4. The van der Waals surface area contributed by atoms with E-state index in [9.17, 15) is 58.5 Å². The molecule has 1 spiro atoms. The summed E-state index contributed by atoms with van der Waals surface area (Å²) in [5, 5.41) is 43.1. The fourth-order valence-corrected chi connectivity index (χ4v) is 22.1. The molecular formula is C53H90N2O17S6. The summed E-state index contributed by atoms with van der Waals surface area (Å²) in [4.78, 5) is 108. The predicted molar refractivity (Wildman–Crippen MR) is 313 cm³/mol. The molecule has 0 bridgehead atoms. The Labute approximate surface area is 486 Å². The highest BCUT2D eigenvalue weighted by molar-refractivity contribution is 9.14. The number of hydrogen-bond donors (Lipinski definition) is 6. The molecule has 2 fully saturated rings. The van der Waals surface area contributed by atoms with Gasteiger partial charge in [-0.1, -0.05) is 139 Å². The lowest BCUT2D eigenvalue weighted by Crippen LogP contribution is -2.29. The number of carboxylic acid groups (broad SMARTS) is 4. The topological polar surface area (TPSA) is 296 Å². The van der Waals surface area contributed by atoms with E-state index in [-0.39, 0.29) is 143 Å². The van der Waals surface area contributed by atoms with Gasteiger partial charge in [-0.2, -0.15) is 0 Å². The standard InChI is InChI=1S/C53H88N2O17S6.H2/c56-42(20-15-13-11-9-7-5-3-1-2-4-6-8-10-12-14-16-23-48(61)62)36-40(49(63)64)24-27-47(60)55-29-31-70-33-35-71-38-43(57)21-19-30-69-32-34-72-39-44(58)37-41(50(65)66)25-26-46(59)54-28-18-17-22-45(51(67)68)52-73-75-53(76-74-52)77-78-53;/h40-41,45,52H,1-39H2,(H,54,59)(H,55,60)(H,61,62)(H,63,64)(H,65,66)(H,67,68);1H/t40-,41-,45+;/m1./s1. The monoisotopic (exact) mass is 1220 g/mol. The maximum atomic E-state index is 12.5. The van der Waals surface area contributed by atoms with Crippen LogP contribution >= 0.6 is 64.8 Å². The van der Waals surface area contributed by atoms with Gasteiger partial charge in [-0.3, -0.25) is 43.2 Å². The quantitative estimate of drug-likeness (QED) is 0.0187. The first-order chi connectivity index (χ1) is 37.6. The number of carbonyl (C=O) groups excluding carboxylic acids is 5. The zero-order chi connectivity index (χ0) is 57.1. The van der Waals surface area contributed by atoms with Crippen LogP contribution in [0.5, 0.6) is 0 Å². The highest BCUT2D eigenvalue weighted by Gasteiger charge is 2.53. The lowest BCUT2D eigenvalue weighted by molar-refractivity contribution is -0.145. The van der Waals surface area contributed by atoms with Gasteiger partial charge in [-0.15, -0.1) is 0 Å².